The Morgan fingerprint density at radius 1 is 1.00 bits per heavy atom. The quantitative estimate of drug-likeness (QED) is 0.162. The standard InChI is InChI=1S/C6H11N5O4/c7-3(12)1-11(2-4(8)13)6(15)5(14)10-9/h1-2,9H2,(H2,7,12)(H2,8,13)(H,10,14). The number of hydrogen-bond acceptors (Lipinski definition) is 5. The van der Waals surface area contributed by atoms with E-state index in [2.05, 4.69) is 0 Å². The molecule has 7 N–H and O–H groups in total. The van der Waals surface area contributed by atoms with Crippen molar-refractivity contribution in [3.05, 3.63) is 0 Å². The van der Waals surface area contributed by atoms with Crippen LogP contribution in [0.3, 0.4) is 0 Å². The summed E-state index contributed by atoms with van der Waals surface area (Å²) in [5.74, 6) is 0.606. The van der Waals surface area contributed by atoms with Crippen molar-refractivity contribution in [2.24, 2.45) is 17.3 Å². The summed E-state index contributed by atoms with van der Waals surface area (Å²) in [6.07, 6.45) is 0. The van der Waals surface area contributed by atoms with E-state index in [1.165, 1.54) is 0 Å². The molecule has 0 bridgehead atoms. The number of rotatable bonds is 4. The monoisotopic (exact) mass is 217 g/mol. The zero-order valence-corrected chi connectivity index (χ0v) is 7.73. The second-order valence-corrected chi connectivity index (χ2v) is 2.57. The first-order valence-corrected chi connectivity index (χ1v) is 3.75. The van der Waals surface area contributed by atoms with E-state index in [0.717, 1.165) is 0 Å². The smallest absolute Gasteiger partial charge is 0.323 e. The van der Waals surface area contributed by atoms with Crippen molar-refractivity contribution < 1.29 is 19.2 Å². The summed E-state index contributed by atoms with van der Waals surface area (Å²) >= 11 is 0. The van der Waals surface area contributed by atoms with Crippen LogP contribution in [-0.2, 0) is 19.2 Å². The van der Waals surface area contributed by atoms with E-state index in [1.807, 2.05) is 0 Å². The maximum absolute atomic E-state index is 11.2. The molecule has 0 atom stereocenters. The highest BCUT2D eigenvalue weighted by molar-refractivity contribution is 6.35. The normalized spacial score (nSPS) is 9.13. The third-order valence-electron chi connectivity index (χ3n) is 1.31. The molecule has 0 aliphatic heterocycles. The Kier molecular flexibility index (Phi) is 4.75. The molecule has 9 nitrogen and oxygen atoms in total. The fourth-order valence-electron chi connectivity index (χ4n) is 0.781. The fraction of sp³-hybridized carbons (Fsp3) is 0.333. The lowest BCUT2D eigenvalue weighted by Gasteiger charge is -2.17. The summed E-state index contributed by atoms with van der Waals surface area (Å²) in [4.78, 5) is 43.6. The zero-order valence-electron chi connectivity index (χ0n) is 7.73. The van der Waals surface area contributed by atoms with Gasteiger partial charge in [-0.15, -0.1) is 0 Å². The molecule has 0 rings (SSSR count). The Morgan fingerprint density at radius 2 is 1.40 bits per heavy atom. The molecule has 0 aliphatic rings. The molecule has 4 amide bonds. The van der Waals surface area contributed by atoms with Crippen LogP contribution in [0.1, 0.15) is 0 Å². The van der Waals surface area contributed by atoms with E-state index >= 15 is 0 Å². The number of hydrazine groups is 1. The van der Waals surface area contributed by atoms with Gasteiger partial charge in [0, 0.05) is 0 Å². The molecule has 0 aromatic rings. The van der Waals surface area contributed by atoms with Gasteiger partial charge in [-0.1, -0.05) is 0 Å². The van der Waals surface area contributed by atoms with Crippen LogP contribution in [0, 0.1) is 0 Å². The molecule has 0 spiro atoms. The van der Waals surface area contributed by atoms with Crippen LogP contribution < -0.4 is 22.7 Å². The van der Waals surface area contributed by atoms with E-state index in [1.54, 1.807) is 5.43 Å². The van der Waals surface area contributed by atoms with Crippen LogP contribution >= 0.6 is 0 Å². The van der Waals surface area contributed by atoms with Crippen LogP contribution in [0.25, 0.3) is 0 Å². The minimum Gasteiger partial charge on any atom is -0.368 e. The molecule has 0 saturated carbocycles. The number of primary amides is 2. The first-order chi connectivity index (χ1) is 6.88. The molecule has 84 valence electrons. The van der Waals surface area contributed by atoms with Gasteiger partial charge >= 0.3 is 11.8 Å². The number of nitrogens with zero attached hydrogens (tertiary/aromatic N) is 1. The SMILES string of the molecule is NNC(=O)C(=O)N(CC(N)=O)CC(N)=O. The van der Waals surface area contributed by atoms with Gasteiger partial charge in [0.2, 0.25) is 11.8 Å². The number of nitrogens with one attached hydrogen (secondary N) is 1. The zero-order chi connectivity index (χ0) is 12.0. The van der Waals surface area contributed by atoms with Gasteiger partial charge in [0.15, 0.2) is 0 Å². The van der Waals surface area contributed by atoms with Gasteiger partial charge in [-0.05, 0) is 0 Å². The number of hydrogen-bond donors (Lipinski definition) is 4. The summed E-state index contributed by atoms with van der Waals surface area (Å²) in [5.41, 5.74) is 11.2. The topological polar surface area (TPSA) is 162 Å². The van der Waals surface area contributed by atoms with Crippen molar-refractivity contribution >= 4 is 23.6 Å². The minimum absolute atomic E-state index is 0.588. The van der Waals surface area contributed by atoms with E-state index in [-0.39, 0.29) is 0 Å². The van der Waals surface area contributed by atoms with Crippen LogP contribution in [0.4, 0.5) is 0 Å². The van der Waals surface area contributed by atoms with Gasteiger partial charge < -0.3 is 16.4 Å². The number of amides is 4. The van der Waals surface area contributed by atoms with Gasteiger partial charge in [0.1, 0.15) is 13.1 Å². The third kappa shape index (κ3) is 4.57. The van der Waals surface area contributed by atoms with Gasteiger partial charge in [-0.3, -0.25) is 24.6 Å². The van der Waals surface area contributed by atoms with E-state index in [9.17, 15) is 19.2 Å². The van der Waals surface area contributed by atoms with E-state index in [4.69, 9.17) is 17.3 Å². The molecule has 0 aromatic heterocycles. The Bertz CT molecular complexity index is 286. The lowest BCUT2D eigenvalue weighted by Crippen LogP contribution is -2.50. The lowest BCUT2D eigenvalue weighted by molar-refractivity contribution is -0.148. The van der Waals surface area contributed by atoms with Crippen molar-refractivity contribution in [1.29, 1.82) is 0 Å². The number of carbonyl (C=O) groups is 4. The summed E-state index contributed by atoms with van der Waals surface area (Å²) < 4.78 is 0. The van der Waals surface area contributed by atoms with Gasteiger partial charge in [0.05, 0.1) is 0 Å². The molecular formula is C6H11N5O4. The number of nitrogens with two attached hydrogens (primary N) is 3. The lowest BCUT2D eigenvalue weighted by atomic mass is 10.4. The summed E-state index contributed by atoms with van der Waals surface area (Å²) in [6.45, 7) is -1.18. The molecule has 9 heteroatoms. The molecule has 15 heavy (non-hydrogen) atoms. The second kappa shape index (κ2) is 5.54. The average molecular weight is 217 g/mol. The molecule has 0 fully saturated rings. The van der Waals surface area contributed by atoms with Crippen LogP contribution in [0.2, 0.25) is 0 Å². The maximum atomic E-state index is 11.2. The molecule has 0 aromatic carbocycles. The molecular weight excluding hydrogens is 206 g/mol. The first kappa shape index (κ1) is 12.8. The van der Waals surface area contributed by atoms with Crippen molar-refractivity contribution in [3.63, 3.8) is 0 Å². The van der Waals surface area contributed by atoms with Crippen molar-refractivity contribution in [2.75, 3.05) is 13.1 Å². The van der Waals surface area contributed by atoms with Crippen molar-refractivity contribution in [1.82, 2.24) is 10.3 Å². The maximum Gasteiger partial charge on any atom is 0.323 e. The molecule has 0 heterocycles. The summed E-state index contributed by atoms with van der Waals surface area (Å²) in [5, 5.41) is 0. The van der Waals surface area contributed by atoms with Crippen LogP contribution in [0.5, 0.6) is 0 Å². The van der Waals surface area contributed by atoms with Crippen molar-refractivity contribution in [2.45, 2.75) is 0 Å². The average Bonchev–Trinajstić information content (AvgIpc) is 2.13. The third-order valence-corrected chi connectivity index (χ3v) is 1.31. The van der Waals surface area contributed by atoms with E-state index < -0.39 is 36.7 Å². The highest BCUT2D eigenvalue weighted by Crippen LogP contribution is 1.89. The largest absolute Gasteiger partial charge is 0.368 e. The van der Waals surface area contributed by atoms with Crippen LogP contribution in [-0.4, -0.2) is 41.6 Å². The Balaban J connectivity index is 4.61. The number of carbonyl (C=O) groups excluding carboxylic acids is 4. The van der Waals surface area contributed by atoms with Gasteiger partial charge in [-0.2, -0.15) is 0 Å². The molecule has 0 unspecified atom stereocenters. The van der Waals surface area contributed by atoms with Gasteiger partial charge in [-0.25, -0.2) is 5.84 Å². The Hall–Kier alpha value is -2.16. The summed E-state index contributed by atoms with van der Waals surface area (Å²) in [6, 6.07) is 0. The van der Waals surface area contributed by atoms with Gasteiger partial charge in [0.25, 0.3) is 0 Å². The molecule has 0 saturated heterocycles. The predicted octanol–water partition coefficient (Wildman–Crippen LogP) is -4.22. The first-order valence-electron chi connectivity index (χ1n) is 3.75. The predicted molar refractivity (Wildman–Crippen MR) is 47.3 cm³/mol. The van der Waals surface area contributed by atoms with Crippen molar-refractivity contribution in [3.8, 4) is 0 Å². The summed E-state index contributed by atoms with van der Waals surface area (Å²) in [7, 11) is 0. The van der Waals surface area contributed by atoms with E-state index in [0.29, 0.717) is 4.90 Å². The minimum atomic E-state index is -1.17. The molecule has 0 radical (unpaired) electrons. The molecule has 0 aliphatic carbocycles. The Morgan fingerprint density at radius 3 is 1.67 bits per heavy atom. The Labute approximate surface area is 84.5 Å². The highest BCUT2D eigenvalue weighted by Gasteiger charge is 2.23. The second-order valence-electron chi connectivity index (χ2n) is 2.57. The van der Waals surface area contributed by atoms with Crippen LogP contribution in [0.15, 0.2) is 0 Å². The fourth-order valence-corrected chi connectivity index (χ4v) is 0.781. The highest BCUT2D eigenvalue weighted by atomic mass is 16.2.